The summed E-state index contributed by atoms with van der Waals surface area (Å²) >= 11 is 5.85. The van der Waals surface area contributed by atoms with Gasteiger partial charge in [-0.25, -0.2) is 4.98 Å². The second kappa shape index (κ2) is 11.3. The zero-order valence-corrected chi connectivity index (χ0v) is 17.7. The minimum atomic E-state index is 0. The van der Waals surface area contributed by atoms with Gasteiger partial charge in [0.05, 0.1) is 25.5 Å². The van der Waals surface area contributed by atoms with Gasteiger partial charge in [0.1, 0.15) is 5.76 Å². The van der Waals surface area contributed by atoms with Crippen molar-refractivity contribution in [2.75, 3.05) is 20.2 Å². The molecule has 0 fully saturated rings. The summed E-state index contributed by atoms with van der Waals surface area (Å²) < 4.78 is 11.1. The summed E-state index contributed by atoms with van der Waals surface area (Å²) in [6.45, 7) is 6.08. The third kappa shape index (κ3) is 7.62. The van der Waals surface area contributed by atoms with Crippen molar-refractivity contribution in [3.8, 4) is 0 Å². The number of hydrogen-bond donors (Lipinski definition) is 2. The van der Waals surface area contributed by atoms with Crippen LogP contribution >= 0.6 is 35.6 Å². The summed E-state index contributed by atoms with van der Waals surface area (Å²) in [6, 6.07) is 7.62. The maximum absolute atomic E-state index is 5.85. The van der Waals surface area contributed by atoms with E-state index in [4.69, 9.17) is 20.8 Å². The molecule has 0 spiro atoms. The molecule has 0 aliphatic heterocycles. The highest BCUT2D eigenvalue weighted by atomic mass is 127. The van der Waals surface area contributed by atoms with Crippen LogP contribution < -0.4 is 10.6 Å². The van der Waals surface area contributed by atoms with Gasteiger partial charge in [-0.05, 0) is 31.5 Å². The van der Waals surface area contributed by atoms with Crippen molar-refractivity contribution < 1.29 is 9.15 Å². The lowest BCUT2D eigenvalue weighted by Crippen LogP contribution is -2.38. The van der Waals surface area contributed by atoms with Gasteiger partial charge in [-0.2, -0.15) is 0 Å². The van der Waals surface area contributed by atoms with Gasteiger partial charge in [0.25, 0.3) is 0 Å². The van der Waals surface area contributed by atoms with Gasteiger partial charge in [0.15, 0.2) is 5.96 Å². The highest BCUT2D eigenvalue weighted by Gasteiger charge is 2.06. The summed E-state index contributed by atoms with van der Waals surface area (Å²) in [6.07, 6.45) is 0. The Morgan fingerprint density at radius 3 is 2.56 bits per heavy atom. The summed E-state index contributed by atoms with van der Waals surface area (Å²) in [5, 5.41) is 7.06. The third-order valence-electron chi connectivity index (χ3n) is 3.42. The van der Waals surface area contributed by atoms with E-state index in [-0.39, 0.29) is 24.0 Å². The van der Waals surface area contributed by atoms with Crippen molar-refractivity contribution >= 4 is 41.5 Å². The van der Waals surface area contributed by atoms with Crippen molar-refractivity contribution in [2.24, 2.45) is 4.99 Å². The van der Waals surface area contributed by atoms with Crippen LogP contribution in [-0.4, -0.2) is 31.1 Å². The lowest BCUT2D eigenvalue weighted by Gasteiger charge is -2.11. The van der Waals surface area contributed by atoms with E-state index < -0.39 is 0 Å². The lowest BCUT2D eigenvalue weighted by molar-refractivity contribution is 0.125. The molecule has 25 heavy (non-hydrogen) atoms. The van der Waals surface area contributed by atoms with E-state index in [0.717, 1.165) is 22.0 Å². The Hall–Kier alpha value is -1.32. The number of nitrogens with zero attached hydrogens (tertiary/aromatic N) is 2. The molecular weight excluding hydrogens is 455 g/mol. The lowest BCUT2D eigenvalue weighted by atomic mass is 10.2. The number of oxazole rings is 1. The topological polar surface area (TPSA) is 71.7 Å². The first-order chi connectivity index (χ1) is 11.6. The summed E-state index contributed by atoms with van der Waals surface area (Å²) in [5.41, 5.74) is 2.00. The van der Waals surface area contributed by atoms with Crippen LogP contribution in [0.5, 0.6) is 0 Å². The Morgan fingerprint density at radius 1 is 1.24 bits per heavy atom. The maximum atomic E-state index is 5.85. The quantitative estimate of drug-likeness (QED) is 0.276. The van der Waals surface area contributed by atoms with Gasteiger partial charge < -0.3 is 19.8 Å². The Bertz CT molecular complexity index is 654. The number of nitrogens with one attached hydrogen (secondary N) is 2. The number of aliphatic imine (C=N–C) groups is 1. The molecule has 2 aromatic rings. The molecule has 0 atom stereocenters. The minimum Gasteiger partial charge on any atom is -0.444 e. The molecule has 0 amide bonds. The van der Waals surface area contributed by atoms with Crippen LogP contribution in [-0.2, 0) is 17.9 Å². The van der Waals surface area contributed by atoms with Gasteiger partial charge in [-0.1, -0.05) is 23.7 Å². The molecule has 1 heterocycles. The first-order valence-corrected chi connectivity index (χ1v) is 8.16. The van der Waals surface area contributed by atoms with E-state index in [0.29, 0.717) is 38.2 Å². The van der Waals surface area contributed by atoms with Crippen molar-refractivity contribution in [1.82, 2.24) is 15.6 Å². The van der Waals surface area contributed by atoms with E-state index in [9.17, 15) is 0 Å². The molecule has 0 unspecified atom stereocenters. The Morgan fingerprint density at radius 2 is 1.96 bits per heavy atom. The second-order valence-electron chi connectivity index (χ2n) is 5.28. The monoisotopic (exact) mass is 478 g/mol. The molecule has 0 bridgehead atoms. The number of halogens is 2. The number of benzene rings is 1. The largest absolute Gasteiger partial charge is 0.444 e. The van der Waals surface area contributed by atoms with Crippen LogP contribution in [0.15, 0.2) is 33.7 Å². The van der Waals surface area contributed by atoms with Gasteiger partial charge in [0, 0.05) is 18.6 Å². The van der Waals surface area contributed by atoms with Crippen LogP contribution in [0.1, 0.15) is 22.9 Å². The van der Waals surface area contributed by atoms with Gasteiger partial charge in [-0.15, -0.1) is 24.0 Å². The molecule has 0 aliphatic rings. The Kier molecular flexibility index (Phi) is 9.84. The molecule has 0 aliphatic carbocycles. The van der Waals surface area contributed by atoms with E-state index in [1.54, 1.807) is 7.05 Å². The van der Waals surface area contributed by atoms with Crippen LogP contribution in [0.3, 0.4) is 0 Å². The van der Waals surface area contributed by atoms with Crippen molar-refractivity contribution in [2.45, 2.75) is 27.0 Å². The maximum Gasteiger partial charge on any atom is 0.214 e. The summed E-state index contributed by atoms with van der Waals surface area (Å²) in [5.74, 6) is 2.16. The molecule has 8 heteroatoms. The standard InChI is InChI=1S/C17H23ClN4O2.HI/c1-12-13(2)24-16(22-12)10-21-17(19-3)20-8-9-23-11-14-4-6-15(18)7-5-14;/h4-7H,8-11H2,1-3H3,(H2,19,20,21);1H. The van der Waals surface area contributed by atoms with Gasteiger partial charge in [-0.3, -0.25) is 4.99 Å². The first-order valence-electron chi connectivity index (χ1n) is 7.78. The Labute approximate surface area is 170 Å². The predicted molar refractivity (Wildman–Crippen MR) is 111 cm³/mol. The van der Waals surface area contributed by atoms with Crippen LogP contribution in [0, 0.1) is 13.8 Å². The Balaban J connectivity index is 0.00000312. The van der Waals surface area contributed by atoms with Gasteiger partial charge in [0.2, 0.25) is 5.89 Å². The average Bonchev–Trinajstić information content (AvgIpc) is 2.90. The molecule has 2 N–H and O–H groups in total. The fraction of sp³-hybridized carbons (Fsp3) is 0.412. The average molecular weight is 479 g/mol. The number of rotatable bonds is 7. The fourth-order valence-corrected chi connectivity index (χ4v) is 2.13. The van der Waals surface area contributed by atoms with Gasteiger partial charge >= 0.3 is 0 Å². The molecular formula is C17H24ClIN4O2. The number of ether oxygens (including phenoxy) is 1. The van der Waals surface area contributed by atoms with Crippen LogP contribution in [0.25, 0.3) is 0 Å². The second-order valence-corrected chi connectivity index (χ2v) is 5.72. The number of hydrogen-bond acceptors (Lipinski definition) is 4. The zero-order valence-electron chi connectivity index (χ0n) is 14.6. The molecule has 138 valence electrons. The molecule has 1 aromatic heterocycles. The minimum absolute atomic E-state index is 0. The smallest absolute Gasteiger partial charge is 0.214 e. The number of guanidine groups is 1. The highest BCUT2D eigenvalue weighted by Crippen LogP contribution is 2.10. The zero-order chi connectivity index (χ0) is 17.4. The SMILES string of the molecule is CN=C(NCCOCc1ccc(Cl)cc1)NCc1nc(C)c(C)o1.I. The first kappa shape index (κ1) is 21.7. The van der Waals surface area contributed by atoms with E-state index >= 15 is 0 Å². The highest BCUT2D eigenvalue weighted by molar-refractivity contribution is 14.0. The predicted octanol–water partition coefficient (Wildman–Crippen LogP) is 3.44. The van der Waals surface area contributed by atoms with E-state index in [1.807, 2.05) is 38.1 Å². The van der Waals surface area contributed by atoms with E-state index in [1.165, 1.54) is 0 Å². The number of aryl methyl sites for hydroxylation is 2. The summed E-state index contributed by atoms with van der Waals surface area (Å²) in [7, 11) is 1.72. The van der Waals surface area contributed by atoms with Crippen LogP contribution in [0.2, 0.25) is 5.02 Å². The van der Waals surface area contributed by atoms with Crippen molar-refractivity contribution in [3.05, 3.63) is 52.2 Å². The molecule has 6 nitrogen and oxygen atoms in total. The van der Waals surface area contributed by atoms with Crippen molar-refractivity contribution in [3.63, 3.8) is 0 Å². The molecule has 0 saturated carbocycles. The molecule has 0 radical (unpaired) electrons. The van der Waals surface area contributed by atoms with E-state index in [2.05, 4.69) is 20.6 Å². The normalized spacial score (nSPS) is 11.1. The fourth-order valence-electron chi connectivity index (χ4n) is 2.01. The third-order valence-corrected chi connectivity index (χ3v) is 3.68. The molecule has 2 rings (SSSR count). The molecule has 0 saturated heterocycles. The number of aromatic nitrogens is 1. The van der Waals surface area contributed by atoms with Crippen LogP contribution in [0.4, 0.5) is 0 Å². The molecule has 1 aromatic carbocycles. The van der Waals surface area contributed by atoms with Crippen molar-refractivity contribution in [1.29, 1.82) is 0 Å². The summed E-state index contributed by atoms with van der Waals surface area (Å²) in [4.78, 5) is 8.47.